The van der Waals surface area contributed by atoms with E-state index in [1.54, 1.807) is 12.1 Å². The second-order valence-electron chi connectivity index (χ2n) is 4.25. The average Bonchev–Trinajstić information content (AvgIpc) is 2.47. The van der Waals surface area contributed by atoms with E-state index in [9.17, 15) is 20.2 Å². The minimum atomic E-state index is -0.942. The number of rotatable bonds is 6. The number of para-hydroxylation sites is 4. The number of benzene rings is 2. The van der Waals surface area contributed by atoms with E-state index in [2.05, 4.69) is 0 Å². The fourth-order valence-corrected chi connectivity index (χ4v) is 1.80. The molecule has 0 unspecified atom stereocenters. The van der Waals surface area contributed by atoms with Gasteiger partial charge in [-0.1, -0.05) is 24.3 Å². The molecule has 0 aromatic heterocycles. The van der Waals surface area contributed by atoms with Crippen molar-refractivity contribution in [2.75, 3.05) is 0 Å². The molecule has 0 atom stereocenters. The van der Waals surface area contributed by atoms with Crippen LogP contribution in [0, 0.1) is 20.2 Å². The molecule has 2 aromatic rings. The third kappa shape index (κ3) is 3.48. The van der Waals surface area contributed by atoms with Crippen molar-refractivity contribution >= 4 is 11.4 Å². The largest absolute Gasteiger partial charge is 0.448 e. The predicted octanol–water partition coefficient (Wildman–Crippen LogP) is 3.31. The Labute approximate surface area is 125 Å². The first kappa shape index (κ1) is 15.2. The summed E-state index contributed by atoms with van der Waals surface area (Å²) in [6.45, 7) is 1.49. The zero-order valence-electron chi connectivity index (χ0n) is 11.5. The Kier molecular flexibility index (Phi) is 4.52. The van der Waals surface area contributed by atoms with E-state index < -0.39 is 16.1 Å². The second-order valence-corrected chi connectivity index (χ2v) is 4.25. The van der Waals surface area contributed by atoms with Crippen molar-refractivity contribution in [1.82, 2.24) is 0 Å². The third-order valence-corrected chi connectivity index (χ3v) is 2.71. The average molecular weight is 304 g/mol. The van der Waals surface area contributed by atoms with Crippen molar-refractivity contribution < 1.29 is 19.3 Å². The van der Waals surface area contributed by atoms with Crippen LogP contribution in [-0.4, -0.2) is 16.1 Å². The van der Waals surface area contributed by atoms with Gasteiger partial charge in [-0.3, -0.25) is 20.2 Å². The molecule has 2 aromatic carbocycles. The van der Waals surface area contributed by atoms with Crippen molar-refractivity contribution in [1.29, 1.82) is 0 Å². The second kappa shape index (κ2) is 6.53. The van der Waals surface area contributed by atoms with Crippen molar-refractivity contribution in [3.05, 3.63) is 68.8 Å². The van der Waals surface area contributed by atoms with Gasteiger partial charge in [0.15, 0.2) is 0 Å². The molecule has 0 fully saturated rings. The van der Waals surface area contributed by atoms with Crippen LogP contribution in [0.3, 0.4) is 0 Å². The van der Waals surface area contributed by atoms with Gasteiger partial charge in [-0.15, -0.1) is 0 Å². The number of nitro benzene ring substituents is 2. The van der Waals surface area contributed by atoms with Gasteiger partial charge in [-0.25, -0.2) is 0 Å². The standard InChI is InChI=1S/C14H12N2O6/c1-10(21-13-8-4-2-6-11(13)15(17)18)22-14-9-5-3-7-12(14)16(19)20/h2-10H,1H3. The monoisotopic (exact) mass is 304 g/mol. The summed E-state index contributed by atoms with van der Waals surface area (Å²) in [5.41, 5.74) is -0.416. The van der Waals surface area contributed by atoms with E-state index in [0.29, 0.717) is 0 Å². The number of hydrogen-bond acceptors (Lipinski definition) is 6. The summed E-state index contributed by atoms with van der Waals surface area (Å²) >= 11 is 0. The normalized spacial score (nSPS) is 10.3. The van der Waals surface area contributed by atoms with E-state index in [1.165, 1.54) is 43.3 Å². The fraction of sp³-hybridized carbons (Fsp3) is 0.143. The van der Waals surface area contributed by atoms with E-state index in [1.807, 2.05) is 0 Å². The molecule has 0 N–H and O–H groups in total. The van der Waals surface area contributed by atoms with Crippen LogP contribution in [0.5, 0.6) is 11.5 Å². The maximum absolute atomic E-state index is 10.9. The van der Waals surface area contributed by atoms with Gasteiger partial charge in [0, 0.05) is 19.1 Å². The molecule has 0 saturated carbocycles. The van der Waals surface area contributed by atoms with Crippen LogP contribution in [0.25, 0.3) is 0 Å². The molecule has 0 aliphatic carbocycles. The molecular weight excluding hydrogens is 292 g/mol. The van der Waals surface area contributed by atoms with Gasteiger partial charge in [-0.2, -0.15) is 0 Å². The highest BCUT2D eigenvalue weighted by molar-refractivity contribution is 5.47. The first-order chi connectivity index (χ1) is 10.5. The number of ether oxygens (including phenoxy) is 2. The Bertz CT molecular complexity index is 644. The van der Waals surface area contributed by atoms with Crippen molar-refractivity contribution in [3.63, 3.8) is 0 Å². The number of hydrogen-bond donors (Lipinski definition) is 0. The Hall–Kier alpha value is -3.16. The molecule has 0 heterocycles. The SMILES string of the molecule is CC(Oc1ccccc1[N+](=O)[O-])Oc1ccccc1[N+](=O)[O-]. The van der Waals surface area contributed by atoms with Gasteiger partial charge in [0.25, 0.3) is 0 Å². The zero-order valence-corrected chi connectivity index (χ0v) is 11.5. The molecule has 0 radical (unpaired) electrons. The predicted molar refractivity (Wildman–Crippen MR) is 76.9 cm³/mol. The van der Waals surface area contributed by atoms with E-state index in [-0.39, 0.29) is 22.9 Å². The van der Waals surface area contributed by atoms with Gasteiger partial charge < -0.3 is 9.47 Å². The summed E-state index contributed by atoms with van der Waals surface area (Å²) in [4.78, 5) is 20.6. The van der Waals surface area contributed by atoms with E-state index >= 15 is 0 Å². The lowest BCUT2D eigenvalue weighted by molar-refractivity contribution is -0.387. The maximum atomic E-state index is 10.9. The molecule has 8 nitrogen and oxygen atoms in total. The van der Waals surface area contributed by atoms with Crippen LogP contribution in [0.2, 0.25) is 0 Å². The Balaban J connectivity index is 2.16. The van der Waals surface area contributed by atoms with Gasteiger partial charge >= 0.3 is 11.4 Å². The summed E-state index contributed by atoms with van der Waals surface area (Å²) in [5, 5.41) is 21.8. The van der Waals surface area contributed by atoms with Crippen LogP contribution in [0.15, 0.2) is 48.5 Å². The minimum Gasteiger partial charge on any atom is -0.448 e. The zero-order chi connectivity index (χ0) is 16.1. The summed E-state index contributed by atoms with van der Waals surface area (Å²) in [5.74, 6) is 0.0529. The van der Waals surface area contributed by atoms with Crippen LogP contribution in [0.4, 0.5) is 11.4 Å². The molecule has 2 rings (SSSR count). The Morgan fingerprint density at radius 2 is 1.18 bits per heavy atom. The molecule has 0 aliphatic heterocycles. The quantitative estimate of drug-likeness (QED) is 0.460. The molecule has 0 saturated heterocycles. The molecular formula is C14H12N2O6. The molecule has 22 heavy (non-hydrogen) atoms. The highest BCUT2D eigenvalue weighted by Gasteiger charge is 2.20. The maximum Gasteiger partial charge on any atom is 0.311 e. The summed E-state index contributed by atoms with van der Waals surface area (Å²) in [6.07, 6.45) is -0.942. The molecule has 8 heteroatoms. The van der Waals surface area contributed by atoms with Crippen LogP contribution in [-0.2, 0) is 0 Å². The smallest absolute Gasteiger partial charge is 0.311 e. The van der Waals surface area contributed by atoms with Crippen LogP contribution < -0.4 is 9.47 Å². The van der Waals surface area contributed by atoms with Gasteiger partial charge in [-0.05, 0) is 12.1 Å². The lowest BCUT2D eigenvalue weighted by Gasteiger charge is -2.16. The van der Waals surface area contributed by atoms with E-state index in [4.69, 9.17) is 9.47 Å². The minimum absolute atomic E-state index is 0.0265. The summed E-state index contributed by atoms with van der Waals surface area (Å²) < 4.78 is 10.7. The highest BCUT2D eigenvalue weighted by Crippen LogP contribution is 2.30. The first-order valence-corrected chi connectivity index (χ1v) is 6.29. The van der Waals surface area contributed by atoms with Gasteiger partial charge in [0.2, 0.25) is 17.8 Å². The van der Waals surface area contributed by atoms with E-state index in [0.717, 1.165) is 0 Å². The Morgan fingerprint density at radius 3 is 1.55 bits per heavy atom. The summed E-state index contributed by atoms with van der Waals surface area (Å²) in [6, 6.07) is 11.6. The summed E-state index contributed by atoms with van der Waals surface area (Å²) in [7, 11) is 0. The highest BCUT2D eigenvalue weighted by atomic mass is 16.7. The molecule has 0 bridgehead atoms. The van der Waals surface area contributed by atoms with Crippen LogP contribution >= 0.6 is 0 Å². The third-order valence-electron chi connectivity index (χ3n) is 2.71. The van der Waals surface area contributed by atoms with Crippen molar-refractivity contribution in [2.45, 2.75) is 13.2 Å². The molecule has 0 amide bonds. The molecule has 0 spiro atoms. The lowest BCUT2D eigenvalue weighted by atomic mass is 10.3. The van der Waals surface area contributed by atoms with Gasteiger partial charge in [0.1, 0.15) is 0 Å². The lowest BCUT2D eigenvalue weighted by Crippen LogP contribution is -2.20. The number of nitro groups is 2. The van der Waals surface area contributed by atoms with Gasteiger partial charge in [0.05, 0.1) is 9.85 Å². The fourth-order valence-electron chi connectivity index (χ4n) is 1.80. The first-order valence-electron chi connectivity index (χ1n) is 6.29. The van der Waals surface area contributed by atoms with Crippen LogP contribution in [0.1, 0.15) is 6.92 Å². The topological polar surface area (TPSA) is 105 Å². The molecule has 0 aliphatic rings. The Morgan fingerprint density at radius 1 is 0.818 bits per heavy atom. The molecule has 114 valence electrons. The van der Waals surface area contributed by atoms with Crippen molar-refractivity contribution in [2.24, 2.45) is 0 Å². The van der Waals surface area contributed by atoms with Crippen molar-refractivity contribution in [3.8, 4) is 11.5 Å². The number of nitrogens with zero attached hydrogens (tertiary/aromatic N) is 2.